The Morgan fingerprint density at radius 1 is 1.67 bits per heavy atom. The fourth-order valence-electron chi connectivity index (χ4n) is 1.76. The van der Waals surface area contributed by atoms with Gasteiger partial charge in [-0.15, -0.1) is 0 Å². The molecule has 1 fully saturated rings. The Morgan fingerprint density at radius 2 is 2.42 bits per heavy atom. The number of aldehydes is 1. The van der Waals surface area contributed by atoms with Crippen LogP contribution < -0.4 is 0 Å². The van der Waals surface area contributed by atoms with Gasteiger partial charge < -0.3 is 9.53 Å². The molecule has 2 heteroatoms. The molecule has 1 rings (SSSR count). The van der Waals surface area contributed by atoms with Crippen LogP contribution in [-0.4, -0.2) is 19.5 Å². The minimum atomic E-state index is -0.143. The van der Waals surface area contributed by atoms with E-state index in [1.54, 1.807) is 0 Å². The molecule has 12 heavy (non-hydrogen) atoms. The van der Waals surface area contributed by atoms with E-state index in [2.05, 4.69) is 13.8 Å². The molecule has 0 aliphatic carbocycles. The molecule has 1 saturated heterocycles. The topological polar surface area (TPSA) is 26.3 Å². The van der Waals surface area contributed by atoms with E-state index in [9.17, 15) is 4.79 Å². The number of hydrogen-bond acceptors (Lipinski definition) is 2. The summed E-state index contributed by atoms with van der Waals surface area (Å²) in [6, 6.07) is 0. The fraction of sp³-hybridized carbons (Fsp3) is 0.900. The minimum absolute atomic E-state index is 0.143. The molecule has 0 aromatic heterocycles. The van der Waals surface area contributed by atoms with Crippen molar-refractivity contribution in [3.05, 3.63) is 0 Å². The largest absolute Gasteiger partial charge is 0.380 e. The SMILES string of the molecule is CCC(C)CC1(C=O)CCOC1. The molecule has 2 unspecified atom stereocenters. The van der Waals surface area contributed by atoms with E-state index >= 15 is 0 Å². The third kappa shape index (κ3) is 2.07. The lowest BCUT2D eigenvalue weighted by Gasteiger charge is -2.23. The summed E-state index contributed by atoms with van der Waals surface area (Å²) in [5.41, 5.74) is -0.143. The normalized spacial score (nSPS) is 31.8. The smallest absolute Gasteiger partial charge is 0.128 e. The Morgan fingerprint density at radius 3 is 2.83 bits per heavy atom. The summed E-state index contributed by atoms with van der Waals surface area (Å²) in [7, 11) is 0. The highest BCUT2D eigenvalue weighted by atomic mass is 16.5. The van der Waals surface area contributed by atoms with Crippen molar-refractivity contribution in [1.29, 1.82) is 0 Å². The predicted octanol–water partition coefficient (Wildman–Crippen LogP) is 2.03. The fourth-order valence-corrected chi connectivity index (χ4v) is 1.76. The second kappa shape index (κ2) is 4.04. The lowest BCUT2D eigenvalue weighted by Crippen LogP contribution is -2.25. The van der Waals surface area contributed by atoms with E-state index < -0.39 is 0 Å². The standard InChI is InChI=1S/C10H18O2/c1-3-9(2)6-10(7-11)4-5-12-8-10/h7,9H,3-6,8H2,1-2H3. The van der Waals surface area contributed by atoms with E-state index in [0.717, 1.165) is 32.2 Å². The Bertz CT molecular complexity index is 148. The van der Waals surface area contributed by atoms with Crippen molar-refractivity contribution in [2.45, 2.75) is 33.1 Å². The van der Waals surface area contributed by atoms with Crippen molar-refractivity contribution in [2.75, 3.05) is 13.2 Å². The molecule has 0 aromatic rings. The van der Waals surface area contributed by atoms with Crippen LogP contribution in [0.4, 0.5) is 0 Å². The number of rotatable bonds is 4. The Kier molecular flexibility index (Phi) is 3.27. The van der Waals surface area contributed by atoms with Gasteiger partial charge in [-0.3, -0.25) is 0 Å². The number of carbonyl (C=O) groups excluding carboxylic acids is 1. The van der Waals surface area contributed by atoms with Gasteiger partial charge >= 0.3 is 0 Å². The third-order valence-corrected chi connectivity index (χ3v) is 2.84. The van der Waals surface area contributed by atoms with Crippen molar-refractivity contribution in [3.8, 4) is 0 Å². The van der Waals surface area contributed by atoms with Crippen LogP contribution >= 0.6 is 0 Å². The molecule has 0 radical (unpaired) electrons. The van der Waals surface area contributed by atoms with Crippen molar-refractivity contribution in [1.82, 2.24) is 0 Å². The van der Waals surface area contributed by atoms with Crippen LogP contribution in [0.15, 0.2) is 0 Å². The van der Waals surface area contributed by atoms with Crippen molar-refractivity contribution >= 4 is 6.29 Å². The second-order valence-electron chi connectivity index (χ2n) is 4.00. The zero-order chi connectivity index (χ0) is 9.03. The first-order valence-corrected chi connectivity index (χ1v) is 4.76. The summed E-state index contributed by atoms with van der Waals surface area (Å²) in [5.74, 6) is 0.636. The van der Waals surface area contributed by atoms with Gasteiger partial charge in [0.1, 0.15) is 6.29 Å². The molecule has 2 atom stereocenters. The molecular formula is C10H18O2. The van der Waals surface area contributed by atoms with Crippen LogP contribution in [0.1, 0.15) is 33.1 Å². The zero-order valence-electron chi connectivity index (χ0n) is 8.01. The van der Waals surface area contributed by atoms with E-state index in [-0.39, 0.29) is 5.41 Å². The van der Waals surface area contributed by atoms with Gasteiger partial charge in [0, 0.05) is 6.61 Å². The van der Waals surface area contributed by atoms with Gasteiger partial charge in [-0.05, 0) is 18.8 Å². The van der Waals surface area contributed by atoms with Crippen molar-refractivity contribution in [3.63, 3.8) is 0 Å². The Balaban J connectivity index is 2.49. The van der Waals surface area contributed by atoms with Crippen LogP contribution in [-0.2, 0) is 9.53 Å². The molecule has 0 N–H and O–H groups in total. The Labute approximate surface area is 74.3 Å². The number of carbonyl (C=O) groups is 1. The first kappa shape index (κ1) is 9.72. The quantitative estimate of drug-likeness (QED) is 0.603. The highest BCUT2D eigenvalue weighted by molar-refractivity contribution is 5.60. The highest BCUT2D eigenvalue weighted by Gasteiger charge is 2.35. The maximum Gasteiger partial charge on any atom is 0.128 e. The second-order valence-corrected chi connectivity index (χ2v) is 4.00. The highest BCUT2D eigenvalue weighted by Crippen LogP contribution is 2.33. The summed E-state index contributed by atoms with van der Waals surface area (Å²) < 4.78 is 5.27. The van der Waals surface area contributed by atoms with E-state index in [1.165, 1.54) is 0 Å². The molecule has 0 aromatic carbocycles. The summed E-state index contributed by atoms with van der Waals surface area (Å²) in [6.07, 6.45) is 4.16. The molecule has 1 aliphatic heterocycles. The average Bonchev–Trinajstić information content (AvgIpc) is 2.54. The summed E-state index contributed by atoms with van der Waals surface area (Å²) in [5, 5.41) is 0. The summed E-state index contributed by atoms with van der Waals surface area (Å²) >= 11 is 0. The number of ether oxygens (including phenoxy) is 1. The van der Waals surface area contributed by atoms with Gasteiger partial charge in [-0.25, -0.2) is 0 Å². The monoisotopic (exact) mass is 170 g/mol. The van der Waals surface area contributed by atoms with Gasteiger partial charge in [-0.1, -0.05) is 20.3 Å². The lowest BCUT2D eigenvalue weighted by atomic mass is 9.80. The van der Waals surface area contributed by atoms with Crippen LogP contribution in [0.3, 0.4) is 0 Å². The summed E-state index contributed by atoms with van der Waals surface area (Å²) in [4.78, 5) is 10.9. The molecule has 0 bridgehead atoms. The first-order chi connectivity index (χ1) is 5.72. The lowest BCUT2D eigenvalue weighted by molar-refractivity contribution is -0.117. The molecule has 1 aliphatic rings. The molecule has 0 spiro atoms. The van der Waals surface area contributed by atoms with Gasteiger partial charge in [-0.2, -0.15) is 0 Å². The van der Waals surface area contributed by atoms with Crippen LogP contribution in [0, 0.1) is 11.3 Å². The predicted molar refractivity (Wildman–Crippen MR) is 48.0 cm³/mol. The average molecular weight is 170 g/mol. The third-order valence-electron chi connectivity index (χ3n) is 2.84. The van der Waals surface area contributed by atoms with Crippen LogP contribution in [0.5, 0.6) is 0 Å². The van der Waals surface area contributed by atoms with Gasteiger partial charge in [0.25, 0.3) is 0 Å². The van der Waals surface area contributed by atoms with Crippen LogP contribution in [0.25, 0.3) is 0 Å². The van der Waals surface area contributed by atoms with E-state index in [4.69, 9.17) is 4.74 Å². The van der Waals surface area contributed by atoms with Crippen molar-refractivity contribution < 1.29 is 9.53 Å². The van der Waals surface area contributed by atoms with Gasteiger partial charge in [0.15, 0.2) is 0 Å². The van der Waals surface area contributed by atoms with Crippen LogP contribution in [0.2, 0.25) is 0 Å². The van der Waals surface area contributed by atoms with Gasteiger partial charge in [0.2, 0.25) is 0 Å². The number of hydrogen-bond donors (Lipinski definition) is 0. The Hall–Kier alpha value is -0.370. The molecule has 1 heterocycles. The first-order valence-electron chi connectivity index (χ1n) is 4.76. The van der Waals surface area contributed by atoms with E-state index in [0.29, 0.717) is 12.5 Å². The minimum Gasteiger partial charge on any atom is -0.380 e. The zero-order valence-corrected chi connectivity index (χ0v) is 8.01. The molecule has 2 nitrogen and oxygen atoms in total. The maximum absolute atomic E-state index is 10.9. The molecule has 70 valence electrons. The van der Waals surface area contributed by atoms with Crippen molar-refractivity contribution in [2.24, 2.45) is 11.3 Å². The molecular weight excluding hydrogens is 152 g/mol. The summed E-state index contributed by atoms with van der Waals surface area (Å²) in [6.45, 7) is 5.76. The maximum atomic E-state index is 10.9. The van der Waals surface area contributed by atoms with Gasteiger partial charge in [0.05, 0.1) is 12.0 Å². The molecule has 0 amide bonds. The van der Waals surface area contributed by atoms with E-state index in [1.807, 2.05) is 0 Å². The molecule has 0 saturated carbocycles.